The molecule has 0 aliphatic carbocycles. The number of carbonyl (C=O) groups excluding carboxylic acids is 1. The van der Waals surface area contributed by atoms with Crippen molar-refractivity contribution >= 4 is 39.7 Å². The molecular weight excluding hydrogens is 418 g/mol. The van der Waals surface area contributed by atoms with Gasteiger partial charge in [0.15, 0.2) is 10.2 Å². The summed E-state index contributed by atoms with van der Waals surface area (Å²) in [6, 6.07) is 14.6. The lowest BCUT2D eigenvalue weighted by Gasteiger charge is -2.13. The zero-order valence-corrected chi connectivity index (χ0v) is 18.6. The third-order valence-electron chi connectivity index (χ3n) is 4.37. The minimum atomic E-state index is -0.297. The minimum absolute atomic E-state index is 0.127. The highest BCUT2D eigenvalue weighted by Crippen LogP contribution is 2.26. The molecule has 2 aromatic carbocycles. The lowest BCUT2D eigenvalue weighted by atomic mass is 10.2. The highest BCUT2D eigenvalue weighted by atomic mass is 32.1. The molecule has 0 aliphatic rings. The molecule has 30 heavy (non-hydrogen) atoms. The van der Waals surface area contributed by atoms with Gasteiger partial charge < -0.3 is 14.8 Å². The highest BCUT2D eigenvalue weighted by molar-refractivity contribution is 7.80. The van der Waals surface area contributed by atoms with Crippen LogP contribution in [0.15, 0.2) is 53.9 Å². The van der Waals surface area contributed by atoms with Crippen LogP contribution in [0.1, 0.15) is 30.6 Å². The molecule has 1 heterocycles. The van der Waals surface area contributed by atoms with Crippen molar-refractivity contribution in [3.63, 3.8) is 0 Å². The molecule has 0 spiro atoms. The fraction of sp³-hybridized carbons (Fsp3) is 0.227. The van der Waals surface area contributed by atoms with E-state index in [-0.39, 0.29) is 17.1 Å². The first-order chi connectivity index (χ1) is 14.5. The van der Waals surface area contributed by atoms with E-state index < -0.39 is 0 Å². The number of nitrogens with zero attached hydrogens (tertiary/aromatic N) is 1. The van der Waals surface area contributed by atoms with Crippen LogP contribution < -0.4 is 20.1 Å². The number of ether oxygens (including phenoxy) is 2. The average Bonchev–Trinajstić information content (AvgIpc) is 3.22. The topological polar surface area (TPSA) is 72.5 Å². The Morgan fingerprint density at radius 2 is 1.80 bits per heavy atom. The minimum Gasteiger partial charge on any atom is -0.497 e. The Hall–Kier alpha value is -2.97. The Bertz CT molecular complexity index is 1000. The molecule has 8 heteroatoms. The van der Waals surface area contributed by atoms with Gasteiger partial charge in [-0.15, -0.1) is 11.3 Å². The van der Waals surface area contributed by atoms with Crippen molar-refractivity contribution in [3.05, 3.63) is 59.5 Å². The molecule has 3 rings (SSSR count). The number of anilines is 1. The fourth-order valence-electron chi connectivity index (χ4n) is 2.53. The average molecular weight is 442 g/mol. The number of aromatic nitrogens is 1. The predicted octanol–water partition coefficient (Wildman–Crippen LogP) is 5.12. The Kier molecular flexibility index (Phi) is 7.37. The van der Waals surface area contributed by atoms with Crippen LogP contribution in [0, 0.1) is 0 Å². The molecular formula is C22H23N3O3S2. The number of thiazole rings is 1. The summed E-state index contributed by atoms with van der Waals surface area (Å²) >= 11 is 6.66. The lowest BCUT2D eigenvalue weighted by Crippen LogP contribution is -2.34. The molecule has 0 saturated heterocycles. The molecule has 0 fully saturated rings. The molecule has 0 bridgehead atoms. The normalized spacial score (nSPS) is 11.4. The predicted molar refractivity (Wildman–Crippen MR) is 125 cm³/mol. The molecule has 0 saturated carbocycles. The van der Waals surface area contributed by atoms with Gasteiger partial charge in [0, 0.05) is 16.5 Å². The van der Waals surface area contributed by atoms with E-state index in [4.69, 9.17) is 21.7 Å². The summed E-state index contributed by atoms with van der Waals surface area (Å²) in [4.78, 5) is 16.9. The summed E-state index contributed by atoms with van der Waals surface area (Å²) in [6.45, 7) is 4.06. The number of carbonyl (C=O) groups is 1. The molecule has 0 aliphatic heterocycles. The van der Waals surface area contributed by atoms with E-state index in [0.29, 0.717) is 10.7 Å². The number of hydrogen-bond acceptors (Lipinski definition) is 6. The first-order valence-electron chi connectivity index (χ1n) is 9.47. The van der Waals surface area contributed by atoms with Crippen LogP contribution in [-0.2, 0) is 0 Å². The second kappa shape index (κ2) is 10.2. The van der Waals surface area contributed by atoms with Crippen LogP contribution in [0.25, 0.3) is 11.3 Å². The second-order valence-corrected chi connectivity index (χ2v) is 7.80. The standard InChI is InChI=1S/C22H23N3O3S2/c1-4-14(2)28-18-11-7-16(8-12-18)20(26)24-21(29)25-22-23-19(13-30-22)15-5-9-17(27-3)10-6-15/h5-14H,4H2,1-3H3,(H2,23,24,25,26,29)/t14-/m0/s1. The van der Waals surface area contributed by atoms with Gasteiger partial charge in [-0.1, -0.05) is 6.92 Å². The fourth-order valence-corrected chi connectivity index (χ4v) is 3.51. The molecule has 0 unspecified atom stereocenters. The van der Waals surface area contributed by atoms with Gasteiger partial charge >= 0.3 is 0 Å². The van der Waals surface area contributed by atoms with Crippen LogP contribution in [0.4, 0.5) is 5.13 Å². The van der Waals surface area contributed by atoms with Crippen molar-refractivity contribution in [1.29, 1.82) is 0 Å². The largest absolute Gasteiger partial charge is 0.497 e. The molecule has 1 amide bonds. The summed E-state index contributed by atoms with van der Waals surface area (Å²) in [5, 5.41) is 8.34. The SMILES string of the molecule is CC[C@H](C)Oc1ccc(C(=O)NC(=S)Nc2nc(-c3ccc(OC)cc3)cs2)cc1. The maximum absolute atomic E-state index is 12.4. The van der Waals surface area contributed by atoms with Gasteiger partial charge in [-0.2, -0.15) is 0 Å². The lowest BCUT2D eigenvalue weighted by molar-refractivity contribution is 0.0977. The quantitative estimate of drug-likeness (QED) is 0.496. The molecule has 156 valence electrons. The molecule has 1 atom stereocenters. The highest BCUT2D eigenvalue weighted by Gasteiger charge is 2.11. The Morgan fingerprint density at radius 3 is 2.43 bits per heavy atom. The van der Waals surface area contributed by atoms with Crippen molar-refractivity contribution in [2.75, 3.05) is 12.4 Å². The van der Waals surface area contributed by atoms with E-state index in [2.05, 4.69) is 22.5 Å². The number of nitrogens with one attached hydrogen (secondary N) is 2. The molecule has 6 nitrogen and oxygen atoms in total. The third-order valence-corrected chi connectivity index (χ3v) is 5.33. The molecule has 2 N–H and O–H groups in total. The zero-order chi connectivity index (χ0) is 21.5. The van der Waals surface area contributed by atoms with E-state index in [1.165, 1.54) is 11.3 Å². The van der Waals surface area contributed by atoms with Crippen molar-refractivity contribution in [2.24, 2.45) is 0 Å². The number of thiocarbonyl (C=S) groups is 1. The Morgan fingerprint density at radius 1 is 1.13 bits per heavy atom. The summed E-state index contributed by atoms with van der Waals surface area (Å²) in [7, 11) is 1.63. The van der Waals surface area contributed by atoms with Gasteiger partial charge in [0.1, 0.15) is 11.5 Å². The van der Waals surface area contributed by atoms with Gasteiger partial charge in [0.05, 0.1) is 18.9 Å². The van der Waals surface area contributed by atoms with Crippen molar-refractivity contribution < 1.29 is 14.3 Å². The Balaban J connectivity index is 1.56. The van der Waals surface area contributed by atoms with Gasteiger partial charge in [-0.25, -0.2) is 4.98 Å². The van der Waals surface area contributed by atoms with E-state index in [1.54, 1.807) is 31.4 Å². The third kappa shape index (κ3) is 5.77. The molecule has 3 aromatic rings. The number of amides is 1. The Labute approximate surface area is 185 Å². The maximum Gasteiger partial charge on any atom is 0.257 e. The van der Waals surface area contributed by atoms with Crippen molar-refractivity contribution in [2.45, 2.75) is 26.4 Å². The summed E-state index contributed by atoms with van der Waals surface area (Å²) in [5.74, 6) is 1.22. The first kappa shape index (κ1) is 21.7. The summed E-state index contributed by atoms with van der Waals surface area (Å²) in [5.41, 5.74) is 2.28. The molecule has 0 radical (unpaired) electrons. The van der Waals surface area contributed by atoms with Crippen LogP contribution in [0.5, 0.6) is 11.5 Å². The van der Waals surface area contributed by atoms with E-state index >= 15 is 0 Å². The van der Waals surface area contributed by atoms with Crippen LogP contribution in [-0.4, -0.2) is 29.2 Å². The molecule has 1 aromatic heterocycles. The smallest absolute Gasteiger partial charge is 0.257 e. The van der Waals surface area contributed by atoms with Gasteiger partial charge in [-0.3, -0.25) is 10.1 Å². The number of rotatable bonds is 7. The zero-order valence-electron chi connectivity index (χ0n) is 17.0. The van der Waals surface area contributed by atoms with Gasteiger partial charge in [0.2, 0.25) is 0 Å². The van der Waals surface area contributed by atoms with E-state index in [1.807, 2.05) is 36.6 Å². The van der Waals surface area contributed by atoms with E-state index in [9.17, 15) is 4.79 Å². The van der Waals surface area contributed by atoms with Crippen molar-refractivity contribution in [1.82, 2.24) is 10.3 Å². The van der Waals surface area contributed by atoms with Gasteiger partial charge in [0.25, 0.3) is 5.91 Å². The van der Waals surface area contributed by atoms with Crippen LogP contribution in [0.3, 0.4) is 0 Å². The number of methoxy groups -OCH3 is 1. The number of benzene rings is 2. The van der Waals surface area contributed by atoms with Crippen molar-refractivity contribution in [3.8, 4) is 22.8 Å². The summed E-state index contributed by atoms with van der Waals surface area (Å²) in [6.07, 6.45) is 1.04. The first-order valence-corrected chi connectivity index (χ1v) is 10.8. The van der Waals surface area contributed by atoms with E-state index in [0.717, 1.165) is 29.2 Å². The van der Waals surface area contributed by atoms with Gasteiger partial charge in [-0.05, 0) is 74.1 Å². The van der Waals surface area contributed by atoms with Crippen LogP contribution >= 0.6 is 23.6 Å². The summed E-state index contributed by atoms with van der Waals surface area (Å²) < 4.78 is 10.9. The maximum atomic E-state index is 12.4. The monoisotopic (exact) mass is 441 g/mol. The second-order valence-electron chi connectivity index (χ2n) is 6.54. The van der Waals surface area contributed by atoms with Crippen LogP contribution in [0.2, 0.25) is 0 Å². The number of hydrogen-bond donors (Lipinski definition) is 2.